The average molecular weight is 301 g/mol. The molecular weight excluding hydrogens is 287 g/mol. The van der Waals surface area contributed by atoms with E-state index in [-0.39, 0.29) is 11.5 Å². The van der Waals surface area contributed by atoms with Crippen LogP contribution in [0.1, 0.15) is 23.1 Å². The molecule has 0 aliphatic heterocycles. The number of nitrogens with zero attached hydrogens (tertiary/aromatic N) is 3. The van der Waals surface area contributed by atoms with Crippen LogP contribution in [0, 0.1) is 6.92 Å². The van der Waals surface area contributed by atoms with Crippen LogP contribution in [-0.2, 0) is 4.74 Å². The third-order valence-corrected chi connectivity index (χ3v) is 2.63. The quantitative estimate of drug-likeness (QED) is 0.477. The van der Waals surface area contributed by atoms with Gasteiger partial charge in [-0.2, -0.15) is 13.2 Å². The van der Waals surface area contributed by atoms with E-state index in [1.165, 1.54) is 24.9 Å². The van der Waals surface area contributed by atoms with Crippen LogP contribution >= 0.6 is 0 Å². The summed E-state index contributed by atoms with van der Waals surface area (Å²) in [6, 6.07) is 0. The Labute approximate surface area is 119 Å². The average Bonchev–Trinajstić information content (AvgIpc) is 2.77. The molecule has 0 saturated carbocycles. The van der Waals surface area contributed by atoms with Gasteiger partial charge in [-0.15, -0.1) is 5.10 Å². The van der Waals surface area contributed by atoms with Crippen molar-refractivity contribution in [3.8, 4) is 0 Å². The fourth-order valence-corrected chi connectivity index (χ4v) is 1.40. The number of rotatable bonds is 5. The number of halogens is 3. The smallest absolute Gasteiger partial charge is 0.416 e. The molecule has 0 unspecified atom stereocenters. The molecule has 114 valence electrons. The van der Waals surface area contributed by atoms with E-state index in [4.69, 9.17) is 4.74 Å². The van der Waals surface area contributed by atoms with Crippen molar-refractivity contribution in [2.24, 2.45) is 0 Å². The molecule has 1 heterocycles. The second-order valence-electron chi connectivity index (χ2n) is 3.93. The van der Waals surface area contributed by atoms with E-state index >= 15 is 0 Å². The second kappa shape index (κ2) is 6.87. The van der Waals surface area contributed by atoms with E-state index in [9.17, 15) is 18.0 Å². The van der Waals surface area contributed by atoms with Gasteiger partial charge in [0.25, 0.3) is 0 Å². The number of ether oxygens (including phenoxy) is 1. The number of hydrogen-bond donors (Lipinski definition) is 0. The summed E-state index contributed by atoms with van der Waals surface area (Å²) in [7, 11) is 1.31. The Morgan fingerprint density at radius 2 is 2.00 bits per heavy atom. The first-order valence-corrected chi connectivity index (χ1v) is 5.87. The van der Waals surface area contributed by atoms with Crippen molar-refractivity contribution in [3.05, 3.63) is 40.9 Å². The maximum absolute atomic E-state index is 12.6. The van der Waals surface area contributed by atoms with Gasteiger partial charge in [0.15, 0.2) is 6.29 Å². The second-order valence-corrected chi connectivity index (χ2v) is 3.93. The molecule has 0 aromatic carbocycles. The van der Waals surface area contributed by atoms with Crippen molar-refractivity contribution in [2.45, 2.75) is 20.0 Å². The summed E-state index contributed by atoms with van der Waals surface area (Å²) >= 11 is 0. The summed E-state index contributed by atoms with van der Waals surface area (Å²) in [5.41, 5.74) is -0.195. The lowest BCUT2D eigenvalue weighted by atomic mass is 10.2. The Hall–Kier alpha value is -2.38. The van der Waals surface area contributed by atoms with Crippen LogP contribution in [0.25, 0.3) is 6.20 Å². The number of alkyl halides is 3. The predicted molar refractivity (Wildman–Crippen MR) is 70.4 cm³/mol. The lowest BCUT2D eigenvalue weighted by molar-refractivity contribution is -0.0883. The van der Waals surface area contributed by atoms with Crippen LogP contribution in [0.4, 0.5) is 13.2 Å². The van der Waals surface area contributed by atoms with Crippen LogP contribution in [0.3, 0.4) is 0 Å². The molecule has 0 radical (unpaired) electrons. The Morgan fingerprint density at radius 3 is 2.43 bits per heavy atom. The molecule has 0 aliphatic carbocycles. The van der Waals surface area contributed by atoms with Gasteiger partial charge < -0.3 is 4.74 Å². The summed E-state index contributed by atoms with van der Waals surface area (Å²) in [6.07, 6.45) is 0.436. The van der Waals surface area contributed by atoms with Crippen molar-refractivity contribution in [3.63, 3.8) is 0 Å². The number of carbonyl (C=O) groups excluding carboxylic acids is 1. The molecule has 0 bridgehead atoms. The van der Waals surface area contributed by atoms with Crippen molar-refractivity contribution in [1.82, 2.24) is 15.0 Å². The molecule has 0 saturated heterocycles. The Morgan fingerprint density at radius 1 is 1.33 bits per heavy atom. The van der Waals surface area contributed by atoms with Crippen LogP contribution in [0.5, 0.6) is 0 Å². The Kier molecular flexibility index (Phi) is 5.45. The molecule has 0 N–H and O–H groups in total. The SMILES string of the molecule is C\C=C(/C=C\C(=C\n1nnc(C=O)c1C)OC)C(F)(F)F. The lowest BCUT2D eigenvalue weighted by Gasteiger charge is -2.07. The number of aldehydes is 1. The van der Waals surface area contributed by atoms with Crippen LogP contribution in [0.2, 0.25) is 0 Å². The summed E-state index contributed by atoms with van der Waals surface area (Å²) in [6.45, 7) is 2.89. The zero-order chi connectivity index (χ0) is 16.0. The summed E-state index contributed by atoms with van der Waals surface area (Å²) < 4.78 is 43.9. The highest BCUT2D eigenvalue weighted by Crippen LogP contribution is 2.26. The van der Waals surface area contributed by atoms with Crippen molar-refractivity contribution in [2.75, 3.05) is 7.11 Å². The number of aromatic nitrogens is 3. The van der Waals surface area contributed by atoms with E-state index < -0.39 is 11.7 Å². The van der Waals surface area contributed by atoms with E-state index in [2.05, 4.69) is 10.3 Å². The highest BCUT2D eigenvalue weighted by molar-refractivity contribution is 5.73. The number of allylic oxidation sites excluding steroid dienone is 4. The van der Waals surface area contributed by atoms with Gasteiger partial charge in [-0.25, -0.2) is 4.68 Å². The molecule has 0 spiro atoms. The van der Waals surface area contributed by atoms with Gasteiger partial charge in [0.2, 0.25) is 0 Å². The van der Waals surface area contributed by atoms with E-state index in [0.717, 1.165) is 18.2 Å². The van der Waals surface area contributed by atoms with E-state index in [0.29, 0.717) is 12.0 Å². The number of carbonyl (C=O) groups is 1. The van der Waals surface area contributed by atoms with Crippen LogP contribution in [-0.4, -0.2) is 34.6 Å². The van der Waals surface area contributed by atoms with Gasteiger partial charge >= 0.3 is 6.18 Å². The fraction of sp³-hybridized carbons (Fsp3) is 0.308. The molecule has 8 heteroatoms. The van der Waals surface area contributed by atoms with Gasteiger partial charge in [0, 0.05) is 0 Å². The van der Waals surface area contributed by atoms with Gasteiger partial charge in [0.05, 0.1) is 24.6 Å². The summed E-state index contributed by atoms with van der Waals surface area (Å²) in [4.78, 5) is 10.6. The lowest BCUT2D eigenvalue weighted by Crippen LogP contribution is -2.09. The maximum Gasteiger partial charge on any atom is 0.416 e. The molecule has 1 aromatic rings. The van der Waals surface area contributed by atoms with Crippen molar-refractivity contribution >= 4 is 12.5 Å². The monoisotopic (exact) mass is 301 g/mol. The zero-order valence-electron chi connectivity index (χ0n) is 11.7. The molecule has 0 atom stereocenters. The van der Waals surface area contributed by atoms with Crippen molar-refractivity contribution in [1.29, 1.82) is 0 Å². The van der Waals surface area contributed by atoms with E-state index in [1.54, 1.807) is 6.92 Å². The first-order valence-electron chi connectivity index (χ1n) is 5.87. The highest BCUT2D eigenvalue weighted by atomic mass is 19.4. The summed E-state index contributed by atoms with van der Waals surface area (Å²) in [5.74, 6) is 0.129. The number of hydrogen-bond acceptors (Lipinski definition) is 4. The molecule has 0 amide bonds. The third kappa shape index (κ3) is 4.30. The normalized spacial score (nSPS) is 13.8. The molecule has 1 aromatic heterocycles. The fourth-order valence-electron chi connectivity index (χ4n) is 1.40. The van der Waals surface area contributed by atoms with Gasteiger partial charge in [0.1, 0.15) is 11.5 Å². The molecule has 0 aliphatic rings. The first kappa shape index (κ1) is 16.7. The Balaban J connectivity index is 3.05. The molecular formula is C13H14F3N3O2. The van der Waals surface area contributed by atoms with Crippen LogP contribution < -0.4 is 0 Å². The van der Waals surface area contributed by atoms with Crippen molar-refractivity contribution < 1.29 is 22.7 Å². The maximum atomic E-state index is 12.6. The largest absolute Gasteiger partial charge is 0.495 e. The molecule has 1 rings (SSSR count). The minimum absolute atomic E-state index is 0.129. The standard InChI is InChI=1S/C13H14F3N3O2/c1-4-10(13(14,15)16)5-6-11(21-3)7-19-9(2)12(8-20)17-18-19/h4-8H,1-3H3/b6-5-,10-4+,11-7-. The van der Waals surface area contributed by atoms with Gasteiger partial charge in [-0.3, -0.25) is 4.79 Å². The van der Waals surface area contributed by atoms with Crippen LogP contribution in [0.15, 0.2) is 29.6 Å². The van der Waals surface area contributed by atoms with Gasteiger partial charge in [-0.1, -0.05) is 11.3 Å². The molecule has 5 nitrogen and oxygen atoms in total. The first-order chi connectivity index (χ1) is 9.83. The molecule has 0 fully saturated rings. The van der Waals surface area contributed by atoms with E-state index in [1.807, 2.05) is 0 Å². The predicted octanol–water partition coefficient (Wildman–Crippen LogP) is 2.91. The zero-order valence-corrected chi connectivity index (χ0v) is 11.7. The minimum Gasteiger partial charge on any atom is -0.495 e. The Bertz CT molecular complexity index is 598. The third-order valence-electron chi connectivity index (χ3n) is 2.63. The topological polar surface area (TPSA) is 57.0 Å². The number of methoxy groups -OCH3 is 1. The highest BCUT2D eigenvalue weighted by Gasteiger charge is 2.30. The van der Waals surface area contributed by atoms with Gasteiger partial charge in [-0.05, 0) is 26.0 Å². The summed E-state index contributed by atoms with van der Waals surface area (Å²) in [5, 5.41) is 7.28. The minimum atomic E-state index is -4.43. The molecule has 21 heavy (non-hydrogen) atoms.